The highest BCUT2D eigenvalue weighted by atomic mass is 35.5. The third kappa shape index (κ3) is 4.08. The van der Waals surface area contributed by atoms with Gasteiger partial charge in [0.25, 0.3) is 0 Å². The zero-order chi connectivity index (χ0) is 18.6. The van der Waals surface area contributed by atoms with Crippen molar-refractivity contribution in [3.8, 4) is 17.5 Å². The molecule has 1 fully saturated rings. The van der Waals surface area contributed by atoms with Crippen LogP contribution in [0.2, 0.25) is 5.02 Å². The summed E-state index contributed by atoms with van der Waals surface area (Å²) in [5.74, 6) is 2.07. The Morgan fingerprint density at radius 3 is 2.52 bits per heavy atom. The molecule has 1 aliphatic rings. The first-order chi connectivity index (χ1) is 13.2. The summed E-state index contributed by atoms with van der Waals surface area (Å²) in [4.78, 5) is 13.3. The normalized spacial score (nSPS) is 14.9. The molecule has 4 rings (SSSR count). The van der Waals surface area contributed by atoms with E-state index in [2.05, 4.69) is 31.0 Å². The van der Waals surface area contributed by atoms with Gasteiger partial charge in [0.1, 0.15) is 11.9 Å². The summed E-state index contributed by atoms with van der Waals surface area (Å²) < 4.78 is 5.40. The fraction of sp³-hybridized carbons (Fsp3) is 0.263. The number of hydrogen-bond donors (Lipinski definition) is 0. The van der Waals surface area contributed by atoms with Crippen molar-refractivity contribution in [3.05, 3.63) is 59.1 Å². The molecule has 8 heteroatoms. The molecule has 0 saturated carbocycles. The highest BCUT2D eigenvalue weighted by molar-refractivity contribution is 6.30. The molecule has 0 amide bonds. The lowest BCUT2D eigenvalue weighted by molar-refractivity contribution is 0.215. The Balaban J connectivity index is 1.34. The number of benzene rings is 1. The minimum Gasteiger partial charge on any atom is -0.354 e. The number of pyridine rings is 1. The molecule has 0 atom stereocenters. The van der Waals surface area contributed by atoms with E-state index in [1.807, 2.05) is 30.3 Å². The van der Waals surface area contributed by atoms with Crippen molar-refractivity contribution in [2.24, 2.45) is 0 Å². The zero-order valence-corrected chi connectivity index (χ0v) is 15.3. The molecule has 1 aliphatic heterocycles. The number of aromatic nitrogens is 3. The molecule has 27 heavy (non-hydrogen) atoms. The monoisotopic (exact) mass is 380 g/mol. The number of hydrogen-bond acceptors (Lipinski definition) is 7. The number of nitriles is 1. The van der Waals surface area contributed by atoms with Gasteiger partial charge in [-0.05, 0) is 36.4 Å². The number of anilines is 1. The minimum atomic E-state index is 0.571. The second-order valence-electron chi connectivity index (χ2n) is 6.30. The van der Waals surface area contributed by atoms with Gasteiger partial charge in [-0.2, -0.15) is 10.2 Å². The van der Waals surface area contributed by atoms with Crippen molar-refractivity contribution >= 4 is 17.4 Å². The molecule has 0 spiro atoms. The molecule has 3 aromatic rings. The molecule has 1 aromatic carbocycles. The number of nitrogens with zero attached hydrogens (tertiary/aromatic N) is 6. The minimum absolute atomic E-state index is 0.571. The summed E-state index contributed by atoms with van der Waals surface area (Å²) in [6.45, 7) is 4.09. The third-order valence-electron chi connectivity index (χ3n) is 4.50. The number of halogens is 1. The molecule has 1 saturated heterocycles. The summed E-state index contributed by atoms with van der Waals surface area (Å²) in [5.41, 5.74) is 1.45. The van der Waals surface area contributed by atoms with Crippen LogP contribution in [0.15, 0.2) is 47.1 Å². The second-order valence-corrected chi connectivity index (χ2v) is 6.74. The largest absolute Gasteiger partial charge is 0.354 e. The van der Waals surface area contributed by atoms with Crippen molar-refractivity contribution in [2.45, 2.75) is 6.54 Å². The fourth-order valence-electron chi connectivity index (χ4n) is 3.00. The van der Waals surface area contributed by atoms with Crippen LogP contribution in [0.3, 0.4) is 0 Å². The van der Waals surface area contributed by atoms with Gasteiger partial charge >= 0.3 is 0 Å². The van der Waals surface area contributed by atoms with Crippen LogP contribution < -0.4 is 4.90 Å². The van der Waals surface area contributed by atoms with E-state index in [-0.39, 0.29) is 0 Å². The van der Waals surface area contributed by atoms with E-state index < -0.39 is 0 Å². The van der Waals surface area contributed by atoms with Gasteiger partial charge in [-0.25, -0.2) is 4.98 Å². The summed E-state index contributed by atoms with van der Waals surface area (Å²) >= 11 is 5.91. The Hall–Kier alpha value is -2.95. The van der Waals surface area contributed by atoms with E-state index in [1.54, 1.807) is 12.3 Å². The molecular formula is C19H17ClN6O. The lowest BCUT2D eigenvalue weighted by Crippen LogP contribution is -2.46. The van der Waals surface area contributed by atoms with Gasteiger partial charge in [-0.1, -0.05) is 16.8 Å². The fourth-order valence-corrected chi connectivity index (χ4v) is 3.13. The Morgan fingerprint density at radius 2 is 1.85 bits per heavy atom. The predicted octanol–water partition coefficient (Wildman–Crippen LogP) is 2.98. The van der Waals surface area contributed by atoms with Crippen molar-refractivity contribution < 1.29 is 4.52 Å². The predicted molar refractivity (Wildman–Crippen MR) is 101 cm³/mol. The van der Waals surface area contributed by atoms with Crippen molar-refractivity contribution in [2.75, 3.05) is 31.1 Å². The Bertz CT molecular complexity index is 940. The van der Waals surface area contributed by atoms with Crippen molar-refractivity contribution in [3.63, 3.8) is 0 Å². The Morgan fingerprint density at radius 1 is 1.07 bits per heavy atom. The average Bonchev–Trinajstić information content (AvgIpc) is 3.18. The van der Waals surface area contributed by atoms with Crippen molar-refractivity contribution in [1.29, 1.82) is 5.26 Å². The van der Waals surface area contributed by atoms with Crippen LogP contribution in [0, 0.1) is 11.3 Å². The van der Waals surface area contributed by atoms with E-state index >= 15 is 0 Å². The third-order valence-corrected chi connectivity index (χ3v) is 4.75. The highest BCUT2D eigenvalue weighted by Gasteiger charge is 2.20. The second kappa shape index (κ2) is 7.74. The topological polar surface area (TPSA) is 82.1 Å². The van der Waals surface area contributed by atoms with Gasteiger partial charge in [0, 0.05) is 43.0 Å². The van der Waals surface area contributed by atoms with Crippen molar-refractivity contribution in [1.82, 2.24) is 20.0 Å². The van der Waals surface area contributed by atoms with E-state index in [0.717, 1.165) is 37.6 Å². The maximum Gasteiger partial charge on any atom is 0.241 e. The van der Waals surface area contributed by atoms with Crippen LogP contribution in [0.4, 0.5) is 5.82 Å². The molecule has 0 unspecified atom stereocenters. The van der Waals surface area contributed by atoms with Gasteiger partial charge in [0.05, 0.1) is 12.1 Å². The van der Waals surface area contributed by atoms with Crippen LogP contribution in [0.5, 0.6) is 0 Å². The molecule has 0 radical (unpaired) electrons. The van der Waals surface area contributed by atoms with Crippen LogP contribution in [0.25, 0.3) is 11.4 Å². The standard InChI is InChI=1S/C19H17ClN6O/c20-16-4-2-15(3-5-16)19-23-18(27-24-19)13-25-7-9-26(10-8-25)17-6-1-14(11-21)12-22-17/h1-6,12H,7-10,13H2. The van der Waals surface area contributed by atoms with Gasteiger partial charge in [0.15, 0.2) is 0 Å². The molecule has 2 aromatic heterocycles. The molecule has 0 N–H and O–H groups in total. The molecule has 0 bridgehead atoms. The van der Waals surface area contributed by atoms with Crippen LogP contribution in [-0.4, -0.2) is 46.2 Å². The Kier molecular flexibility index (Phi) is 5.01. The lowest BCUT2D eigenvalue weighted by atomic mass is 10.2. The maximum absolute atomic E-state index is 8.86. The van der Waals surface area contributed by atoms with Crippen LogP contribution in [0.1, 0.15) is 11.5 Å². The molecule has 7 nitrogen and oxygen atoms in total. The first-order valence-electron chi connectivity index (χ1n) is 8.63. The van der Waals surface area contributed by atoms with Gasteiger partial charge in [0.2, 0.25) is 11.7 Å². The molecule has 3 heterocycles. The quantitative estimate of drug-likeness (QED) is 0.688. The summed E-state index contributed by atoms with van der Waals surface area (Å²) in [6, 6.07) is 13.1. The highest BCUT2D eigenvalue weighted by Crippen LogP contribution is 2.20. The number of rotatable bonds is 4. The van der Waals surface area contributed by atoms with E-state index in [0.29, 0.717) is 28.8 Å². The SMILES string of the molecule is N#Cc1ccc(N2CCN(Cc3nc(-c4ccc(Cl)cc4)no3)CC2)nc1. The summed E-state index contributed by atoms with van der Waals surface area (Å²) in [7, 11) is 0. The van der Waals surface area contributed by atoms with E-state index in [4.69, 9.17) is 21.4 Å². The van der Waals surface area contributed by atoms with E-state index in [9.17, 15) is 0 Å². The molecule has 0 aliphatic carbocycles. The van der Waals surface area contributed by atoms with Crippen LogP contribution in [-0.2, 0) is 6.54 Å². The zero-order valence-electron chi connectivity index (χ0n) is 14.5. The average molecular weight is 381 g/mol. The smallest absolute Gasteiger partial charge is 0.241 e. The number of piperazine rings is 1. The van der Waals surface area contributed by atoms with Crippen LogP contribution >= 0.6 is 11.6 Å². The molecular weight excluding hydrogens is 364 g/mol. The van der Waals surface area contributed by atoms with E-state index in [1.165, 1.54) is 0 Å². The first kappa shape index (κ1) is 17.5. The van der Waals surface area contributed by atoms with Gasteiger partial charge < -0.3 is 9.42 Å². The molecule has 136 valence electrons. The van der Waals surface area contributed by atoms with Gasteiger partial charge in [-0.15, -0.1) is 0 Å². The Labute approximate surface area is 161 Å². The first-order valence-corrected chi connectivity index (χ1v) is 9.01. The summed E-state index contributed by atoms with van der Waals surface area (Å²) in [6.07, 6.45) is 1.61. The van der Waals surface area contributed by atoms with Gasteiger partial charge in [-0.3, -0.25) is 4.90 Å². The summed E-state index contributed by atoms with van der Waals surface area (Å²) in [5, 5.41) is 13.6. The lowest BCUT2D eigenvalue weighted by Gasteiger charge is -2.34. The maximum atomic E-state index is 8.86.